The molecule has 0 radical (unpaired) electrons. The van der Waals surface area contributed by atoms with Gasteiger partial charge in [0.2, 0.25) is 10.0 Å². The second-order valence-electron chi connectivity index (χ2n) is 3.94. The molecule has 0 aromatic carbocycles. The quantitative estimate of drug-likeness (QED) is 0.628. The number of esters is 1. The van der Waals surface area contributed by atoms with Gasteiger partial charge in [-0.25, -0.2) is 13.1 Å². The number of methoxy groups -OCH3 is 1. The minimum Gasteiger partial charge on any atom is -0.469 e. The zero-order valence-electron chi connectivity index (χ0n) is 10.4. The molecular formula is C10H19NO5S. The van der Waals surface area contributed by atoms with Gasteiger partial charge >= 0.3 is 5.97 Å². The van der Waals surface area contributed by atoms with E-state index >= 15 is 0 Å². The summed E-state index contributed by atoms with van der Waals surface area (Å²) in [5.74, 6) is -0.999. The molecule has 0 aliphatic heterocycles. The minimum absolute atomic E-state index is 0.0511. The Kier molecular flexibility index (Phi) is 6.98. The number of nitrogens with one attached hydrogen (secondary N) is 1. The van der Waals surface area contributed by atoms with E-state index < -0.39 is 16.0 Å². The summed E-state index contributed by atoms with van der Waals surface area (Å²) in [6, 6.07) is 0. The highest BCUT2D eigenvalue weighted by Gasteiger charge is 2.14. The van der Waals surface area contributed by atoms with Crippen molar-refractivity contribution in [1.82, 2.24) is 4.72 Å². The summed E-state index contributed by atoms with van der Waals surface area (Å²) in [6.45, 7) is 3.21. The number of ether oxygens (including phenoxy) is 1. The van der Waals surface area contributed by atoms with Gasteiger partial charge in [-0.2, -0.15) is 0 Å². The first-order valence-corrected chi connectivity index (χ1v) is 7.00. The molecule has 0 heterocycles. The molecule has 0 amide bonds. The van der Waals surface area contributed by atoms with Gasteiger partial charge in [0.25, 0.3) is 0 Å². The van der Waals surface area contributed by atoms with Gasteiger partial charge in [0.1, 0.15) is 5.78 Å². The van der Waals surface area contributed by atoms with Crippen LogP contribution in [0.25, 0.3) is 0 Å². The third kappa shape index (κ3) is 7.87. The summed E-state index contributed by atoms with van der Waals surface area (Å²) in [4.78, 5) is 22.0. The van der Waals surface area contributed by atoms with Crippen LogP contribution < -0.4 is 4.72 Å². The molecule has 0 aliphatic carbocycles. The van der Waals surface area contributed by atoms with Crippen LogP contribution in [-0.2, 0) is 24.3 Å². The molecule has 0 aromatic heterocycles. The smallest absolute Gasteiger partial charge is 0.305 e. The molecule has 0 spiro atoms. The Hall–Kier alpha value is -0.950. The first-order chi connectivity index (χ1) is 7.78. The van der Waals surface area contributed by atoms with E-state index in [-0.39, 0.29) is 36.8 Å². The number of rotatable bonds is 8. The summed E-state index contributed by atoms with van der Waals surface area (Å²) in [6.07, 6.45) is 0.230. The van der Waals surface area contributed by atoms with Gasteiger partial charge in [0.05, 0.1) is 19.4 Å². The molecule has 0 aliphatic rings. The van der Waals surface area contributed by atoms with E-state index in [1.807, 2.05) is 0 Å². The molecule has 0 saturated carbocycles. The number of hydrogen-bond donors (Lipinski definition) is 1. The molecule has 17 heavy (non-hydrogen) atoms. The van der Waals surface area contributed by atoms with E-state index in [2.05, 4.69) is 9.46 Å². The lowest BCUT2D eigenvalue weighted by Gasteiger charge is -2.07. The molecule has 0 rings (SSSR count). The maximum Gasteiger partial charge on any atom is 0.305 e. The Balaban J connectivity index is 3.97. The molecule has 1 N–H and O–H groups in total. The molecule has 7 heteroatoms. The number of sulfonamides is 1. The van der Waals surface area contributed by atoms with Crippen molar-refractivity contribution in [3.8, 4) is 0 Å². The van der Waals surface area contributed by atoms with Gasteiger partial charge in [-0.15, -0.1) is 0 Å². The Labute approximate surface area is 102 Å². The van der Waals surface area contributed by atoms with Crippen molar-refractivity contribution >= 4 is 21.8 Å². The first kappa shape index (κ1) is 16.1. The van der Waals surface area contributed by atoms with Crippen molar-refractivity contribution < 1.29 is 22.7 Å². The van der Waals surface area contributed by atoms with Crippen LogP contribution in [0.5, 0.6) is 0 Å². The van der Waals surface area contributed by atoms with Crippen molar-refractivity contribution in [3.05, 3.63) is 0 Å². The standard InChI is InChI=1S/C10H19NO5S/c1-8(2)9(12)7-11-17(14,15)6-4-5-10(13)16-3/h8,11H,4-7H2,1-3H3. The molecule has 100 valence electrons. The fourth-order valence-electron chi connectivity index (χ4n) is 0.966. The Morgan fingerprint density at radius 3 is 2.35 bits per heavy atom. The topological polar surface area (TPSA) is 89.5 Å². The molecule has 0 atom stereocenters. The number of hydrogen-bond acceptors (Lipinski definition) is 5. The SMILES string of the molecule is COC(=O)CCCS(=O)(=O)NCC(=O)C(C)C. The van der Waals surface area contributed by atoms with E-state index in [9.17, 15) is 18.0 Å². The maximum absolute atomic E-state index is 11.4. The van der Waals surface area contributed by atoms with E-state index in [0.29, 0.717) is 0 Å². The number of carbonyl (C=O) groups is 2. The normalized spacial score (nSPS) is 11.5. The van der Waals surface area contributed by atoms with Gasteiger partial charge in [0, 0.05) is 12.3 Å². The Bertz CT molecular complexity index is 361. The maximum atomic E-state index is 11.4. The van der Waals surface area contributed by atoms with Gasteiger partial charge in [-0.3, -0.25) is 9.59 Å². The molecule has 0 saturated heterocycles. The van der Waals surface area contributed by atoms with E-state index in [1.165, 1.54) is 7.11 Å². The fraction of sp³-hybridized carbons (Fsp3) is 0.800. The van der Waals surface area contributed by atoms with Crippen molar-refractivity contribution in [1.29, 1.82) is 0 Å². The first-order valence-electron chi connectivity index (χ1n) is 5.35. The molecule has 0 bridgehead atoms. The Morgan fingerprint density at radius 1 is 1.29 bits per heavy atom. The highest BCUT2D eigenvalue weighted by Crippen LogP contribution is 1.98. The summed E-state index contributed by atoms with van der Waals surface area (Å²) >= 11 is 0. The predicted molar refractivity (Wildman–Crippen MR) is 62.9 cm³/mol. The number of Topliss-reactive ketones (excluding diaryl/α,β-unsaturated/α-hetero) is 1. The highest BCUT2D eigenvalue weighted by atomic mass is 32.2. The highest BCUT2D eigenvalue weighted by molar-refractivity contribution is 7.89. The summed E-state index contributed by atoms with van der Waals surface area (Å²) < 4.78 is 29.4. The molecule has 0 fully saturated rings. The van der Waals surface area contributed by atoms with Gasteiger partial charge in [-0.05, 0) is 6.42 Å². The summed E-state index contributed by atoms with van der Waals surface area (Å²) in [5.41, 5.74) is 0. The second kappa shape index (κ2) is 7.39. The lowest BCUT2D eigenvalue weighted by molar-refractivity contribution is -0.140. The van der Waals surface area contributed by atoms with Crippen molar-refractivity contribution in [2.45, 2.75) is 26.7 Å². The average Bonchev–Trinajstić information content (AvgIpc) is 2.25. The van der Waals surface area contributed by atoms with E-state index in [1.54, 1.807) is 13.8 Å². The lowest BCUT2D eigenvalue weighted by Crippen LogP contribution is -2.33. The van der Waals surface area contributed by atoms with Crippen LogP contribution in [0.2, 0.25) is 0 Å². The molecule has 0 aromatic rings. The van der Waals surface area contributed by atoms with Crippen LogP contribution in [0.15, 0.2) is 0 Å². The van der Waals surface area contributed by atoms with Crippen LogP contribution in [0.1, 0.15) is 26.7 Å². The van der Waals surface area contributed by atoms with Crippen LogP contribution >= 0.6 is 0 Å². The monoisotopic (exact) mass is 265 g/mol. The lowest BCUT2D eigenvalue weighted by atomic mass is 10.1. The van der Waals surface area contributed by atoms with Gasteiger partial charge < -0.3 is 4.74 Å². The van der Waals surface area contributed by atoms with E-state index in [0.717, 1.165) is 0 Å². The van der Waals surface area contributed by atoms with Crippen molar-refractivity contribution in [3.63, 3.8) is 0 Å². The zero-order chi connectivity index (χ0) is 13.5. The predicted octanol–water partition coefficient (Wildman–Crippen LogP) is 0.0841. The third-order valence-electron chi connectivity index (χ3n) is 2.13. The number of ketones is 1. The van der Waals surface area contributed by atoms with Crippen molar-refractivity contribution in [2.75, 3.05) is 19.4 Å². The number of carbonyl (C=O) groups excluding carboxylic acids is 2. The average molecular weight is 265 g/mol. The summed E-state index contributed by atoms with van der Waals surface area (Å²) in [5, 5.41) is 0. The fourth-order valence-corrected chi connectivity index (χ4v) is 2.00. The van der Waals surface area contributed by atoms with Crippen LogP contribution in [0, 0.1) is 5.92 Å². The molecule has 0 unspecified atom stereocenters. The van der Waals surface area contributed by atoms with Crippen LogP contribution in [-0.4, -0.2) is 39.6 Å². The van der Waals surface area contributed by atoms with E-state index in [4.69, 9.17) is 0 Å². The van der Waals surface area contributed by atoms with Gasteiger partial charge in [0.15, 0.2) is 0 Å². The third-order valence-corrected chi connectivity index (χ3v) is 3.54. The largest absolute Gasteiger partial charge is 0.469 e. The zero-order valence-corrected chi connectivity index (χ0v) is 11.2. The van der Waals surface area contributed by atoms with Gasteiger partial charge in [-0.1, -0.05) is 13.8 Å². The minimum atomic E-state index is -3.49. The summed E-state index contributed by atoms with van der Waals surface area (Å²) in [7, 11) is -2.25. The molecule has 6 nitrogen and oxygen atoms in total. The molecular weight excluding hydrogens is 246 g/mol. The van der Waals surface area contributed by atoms with Crippen molar-refractivity contribution in [2.24, 2.45) is 5.92 Å². The van der Waals surface area contributed by atoms with Crippen LogP contribution in [0.3, 0.4) is 0 Å². The Morgan fingerprint density at radius 2 is 1.88 bits per heavy atom. The second-order valence-corrected chi connectivity index (χ2v) is 5.87. The van der Waals surface area contributed by atoms with Crippen LogP contribution in [0.4, 0.5) is 0 Å².